The Morgan fingerprint density at radius 1 is 1.08 bits per heavy atom. The third-order valence-electron chi connectivity index (χ3n) is 3.43. The molecule has 0 aliphatic carbocycles. The van der Waals surface area contributed by atoms with Crippen LogP contribution in [0.1, 0.15) is 29.8 Å². The largest absolute Gasteiger partial charge is 0.355 e. The molecular formula is C17H23N5O2S. The predicted octanol–water partition coefficient (Wildman–Crippen LogP) is 1.51. The summed E-state index contributed by atoms with van der Waals surface area (Å²) in [6.45, 7) is 0.969. The van der Waals surface area contributed by atoms with Gasteiger partial charge in [0.25, 0.3) is 0 Å². The van der Waals surface area contributed by atoms with Gasteiger partial charge in [0, 0.05) is 25.9 Å². The number of hydrogen-bond acceptors (Lipinski definition) is 6. The highest BCUT2D eigenvalue weighted by Crippen LogP contribution is 2.17. The molecule has 1 heterocycles. The van der Waals surface area contributed by atoms with E-state index < -0.39 is 0 Å². The van der Waals surface area contributed by atoms with Crippen molar-refractivity contribution >= 4 is 28.3 Å². The van der Waals surface area contributed by atoms with Crippen LogP contribution < -0.4 is 16.4 Å². The first kappa shape index (κ1) is 19.0. The molecule has 2 amide bonds. The molecule has 2 rings (SSSR count). The van der Waals surface area contributed by atoms with Gasteiger partial charge in [-0.3, -0.25) is 9.59 Å². The monoisotopic (exact) mass is 361 g/mol. The summed E-state index contributed by atoms with van der Waals surface area (Å²) in [5.41, 5.74) is 6.29. The van der Waals surface area contributed by atoms with Crippen LogP contribution in [0, 0.1) is 0 Å². The lowest BCUT2D eigenvalue weighted by atomic mass is 10.1. The third kappa shape index (κ3) is 7.40. The van der Waals surface area contributed by atoms with Crippen LogP contribution in [-0.2, 0) is 22.4 Å². The van der Waals surface area contributed by atoms with E-state index in [0.29, 0.717) is 31.1 Å². The Kier molecular flexibility index (Phi) is 8.00. The van der Waals surface area contributed by atoms with Gasteiger partial charge in [-0.25, -0.2) is 0 Å². The first-order valence-corrected chi connectivity index (χ1v) is 9.12. The smallest absolute Gasteiger partial charge is 0.230 e. The number of rotatable bonds is 10. The molecule has 0 saturated carbocycles. The van der Waals surface area contributed by atoms with Crippen LogP contribution >= 0.6 is 11.3 Å². The standard InChI is InChI=1S/C17H23N5O2S/c18-10-11-19-14(23)8-4-5-9-16-21-22-17(25-16)20-15(24)12-13-6-2-1-3-7-13/h1-3,6-7H,4-5,8-12,18H2,(H,19,23)(H,20,22,24). The SMILES string of the molecule is NCCNC(=O)CCCCc1nnc(NC(=O)Cc2ccccc2)s1. The molecule has 0 aliphatic heterocycles. The molecule has 0 aliphatic rings. The van der Waals surface area contributed by atoms with E-state index in [2.05, 4.69) is 20.8 Å². The molecule has 134 valence electrons. The van der Waals surface area contributed by atoms with E-state index in [1.807, 2.05) is 30.3 Å². The number of unbranched alkanes of at least 4 members (excludes halogenated alkanes) is 1. The lowest BCUT2D eigenvalue weighted by Gasteiger charge is -2.02. The fourth-order valence-corrected chi connectivity index (χ4v) is 3.01. The number of benzene rings is 1. The highest BCUT2D eigenvalue weighted by atomic mass is 32.1. The highest BCUT2D eigenvalue weighted by Gasteiger charge is 2.09. The van der Waals surface area contributed by atoms with Crippen molar-refractivity contribution in [1.29, 1.82) is 0 Å². The van der Waals surface area contributed by atoms with Gasteiger partial charge in [0.15, 0.2) is 0 Å². The molecule has 0 spiro atoms. The number of nitrogens with two attached hydrogens (primary N) is 1. The van der Waals surface area contributed by atoms with Crippen molar-refractivity contribution in [3.8, 4) is 0 Å². The number of hydrogen-bond donors (Lipinski definition) is 3. The van der Waals surface area contributed by atoms with Crippen LogP contribution in [0.2, 0.25) is 0 Å². The van der Waals surface area contributed by atoms with Gasteiger partial charge in [-0.05, 0) is 18.4 Å². The minimum absolute atomic E-state index is 0.0246. The van der Waals surface area contributed by atoms with E-state index in [1.165, 1.54) is 11.3 Å². The maximum atomic E-state index is 12.0. The summed E-state index contributed by atoms with van der Waals surface area (Å²) < 4.78 is 0. The summed E-state index contributed by atoms with van der Waals surface area (Å²) in [6, 6.07) is 9.55. The molecule has 0 radical (unpaired) electrons. The topological polar surface area (TPSA) is 110 Å². The number of nitrogens with one attached hydrogen (secondary N) is 2. The van der Waals surface area contributed by atoms with Crippen LogP contribution in [0.15, 0.2) is 30.3 Å². The van der Waals surface area contributed by atoms with Crippen molar-refractivity contribution in [3.05, 3.63) is 40.9 Å². The van der Waals surface area contributed by atoms with Crippen molar-refractivity contribution in [2.45, 2.75) is 32.1 Å². The second-order valence-corrected chi connectivity index (χ2v) is 6.62. The average molecular weight is 361 g/mol. The number of aryl methyl sites for hydroxylation is 1. The summed E-state index contributed by atoms with van der Waals surface area (Å²) in [5.74, 6) is -0.0814. The van der Waals surface area contributed by atoms with E-state index in [9.17, 15) is 9.59 Å². The molecule has 8 heteroatoms. The Labute approximate surface area is 151 Å². The summed E-state index contributed by atoms with van der Waals surface area (Å²) in [5, 5.41) is 15.0. The molecule has 1 aromatic carbocycles. The van der Waals surface area contributed by atoms with Crippen molar-refractivity contribution in [3.63, 3.8) is 0 Å². The summed E-state index contributed by atoms with van der Waals surface area (Å²) >= 11 is 1.37. The van der Waals surface area contributed by atoms with Gasteiger partial charge < -0.3 is 16.4 Å². The van der Waals surface area contributed by atoms with Crippen LogP contribution in [0.5, 0.6) is 0 Å². The fourth-order valence-electron chi connectivity index (χ4n) is 2.21. The van der Waals surface area contributed by atoms with Crippen molar-refractivity contribution in [2.75, 3.05) is 18.4 Å². The predicted molar refractivity (Wildman–Crippen MR) is 98.3 cm³/mol. The zero-order valence-corrected chi connectivity index (χ0v) is 14.8. The molecule has 7 nitrogen and oxygen atoms in total. The van der Waals surface area contributed by atoms with E-state index in [4.69, 9.17) is 5.73 Å². The van der Waals surface area contributed by atoms with Gasteiger partial charge in [-0.2, -0.15) is 0 Å². The normalized spacial score (nSPS) is 10.4. The number of carbonyl (C=O) groups excluding carboxylic acids is 2. The van der Waals surface area contributed by atoms with Gasteiger partial charge in [-0.15, -0.1) is 10.2 Å². The molecule has 0 saturated heterocycles. The molecule has 0 unspecified atom stereocenters. The summed E-state index contributed by atoms with van der Waals surface area (Å²) in [6.07, 6.45) is 3.18. The number of aromatic nitrogens is 2. The Balaban J connectivity index is 1.67. The van der Waals surface area contributed by atoms with Crippen LogP contribution in [-0.4, -0.2) is 35.1 Å². The van der Waals surface area contributed by atoms with Crippen molar-refractivity contribution in [2.24, 2.45) is 5.73 Å². The van der Waals surface area contributed by atoms with E-state index in [-0.39, 0.29) is 11.8 Å². The maximum absolute atomic E-state index is 12.0. The lowest BCUT2D eigenvalue weighted by molar-refractivity contribution is -0.121. The molecule has 0 bridgehead atoms. The number of nitrogens with zero attached hydrogens (tertiary/aromatic N) is 2. The summed E-state index contributed by atoms with van der Waals surface area (Å²) in [4.78, 5) is 23.4. The Morgan fingerprint density at radius 3 is 2.64 bits per heavy atom. The van der Waals surface area contributed by atoms with Gasteiger partial charge in [0.1, 0.15) is 5.01 Å². The summed E-state index contributed by atoms with van der Waals surface area (Å²) in [7, 11) is 0. The molecule has 0 atom stereocenters. The maximum Gasteiger partial charge on any atom is 0.230 e. The van der Waals surface area contributed by atoms with Gasteiger partial charge in [0.2, 0.25) is 16.9 Å². The second kappa shape index (κ2) is 10.5. The highest BCUT2D eigenvalue weighted by molar-refractivity contribution is 7.15. The van der Waals surface area contributed by atoms with Gasteiger partial charge >= 0.3 is 0 Å². The molecule has 2 aromatic rings. The Morgan fingerprint density at radius 2 is 1.88 bits per heavy atom. The van der Waals surface area contributed by atoms with Crippen LogP contribution in [0.3, 0.4) is 0 Å². The Hall–Kier alpha value is -2.32. The number of anilines is 1. The molecule has 0 fully saturated rings. The van der Waals surface area contributed by atoms with Gasteiger partial charge in [0.05, 0.1) is 6.42 Å². The average Bonchev–Trinajstić information content (AvgIpc) is 3.05. The fraction of sp³-hybridized carbons (Fsp3) is 0.412. The molecular weight excluding hydrogens is 338 g/mol. The van der Waals surface area contributed by atoms with Crippen LogP contribution in [0.25, 0.3) is 0 Å². The second-order valence-electron chi connectivity index (χ2n) is 5.56. The minimum atomic E-state index is -0.106. The molecule has 4 N–H and O–H groups in total. The Bertz CT molecular complexity index is 675. The first-order valence-electron chi connectivity index (χ1n) is 8.30. The number of carbonyl (C=O) groups is 2. The first-order chi connectivity index (χ1) is 12.2. The lowest BCUT2D eigenvalue weighted by Crippen LogP contribution is -2.28. The van der Waals surface area contributed by atoms with Crippen LogP contribution in [0.4, 0.5) is 5.13 Å². The van der Waals surface area contributed by atoms with E-state index >= 15 is 0 Å². The number of amides is 2. The minimum Gasteiger partial charge on any atom is -0.355 e. The zero-order valence-electron chi connectivity index (χ0n) is 14.0. The van der Waals surface area contributed by atoms with Gasteiger partial charge in [-0.1, -0.05) is 41.7 Å². The molecule has 25 heavy (non-hydrogen) atoms. The third-order valence-corrected chi connectivity index (χ3v) is 4.33. The van der Waals surface area contributed by atoms with E-state index in [0.717, 1.165) is 29.8 Å². The zero-order chi connectivity index (χ0) is 17.9. The molecule has 1 aromatic heterocycles. The van der Waals surface area contributed by atoms with Crippen molar-refractivity contribution < 1.29 is 9.59 Å². The van der Waals surface area contributed by atoms with Crippen molar-refractivity contribution in [1.82, 2.24) is 15.5 Å². The quantitative estimate of drug-likeness (QED) is 0.556. The van der Waals surface area contributed by atoms with E-state index in [1.54, 1.807) is 0 Å².